The second-order valence-corrected chi connectivity index (χ2v) is 11.7. The summed E-state index contributed by atoms with van der Waals surface area (Å²) < 4.78 is 80.0. The van der Waals surface area contributed by atoms with Crippen LogP contribution in [0.2, 0.25) is 0 Å². The second-order valence-electron chi connectivity index (χ2n) is 10.1. The molecule has 0 spiro atoms. The SMILES string of the molecule is C[C@H](C(=O)N1CCN(c2ccc(S(=O)(=O)Nc3cccc(C(F)(F)F)n3)cc2)CC1)N1CCCc2cc(F)ccc21.[HH].[HH]. The molecule has 5 rings (SSSR count). The topological polar surface area (TPSA) is 85.8 Å². The number of hydrogen-bond donors (Lipinski definition) is 1. The summed E-state index contributed by atoms with van der Waals surface area (Å²) in [5.41, 5.74) is 1.36. The molecule has 0 radical (unpaired) electrons. The Kier molecular flexibility index (Phi) is 7.82. The summed E-state index contributed by atoms with van der Waals surface area (Å²) in [7, 11) is -4.16. The molecule has 41 heavy (non-hydrogen) atoms. The number of benzene rings is 2. The zero-order valence-electron chi connectivity index (χ0n) is 22.2. The van der Waals surface area contributed by atoms with Crippen LogP contribution in [0.25, 0.3) is 0 Å². The number of sulfonamides is 1. The Hall–Kier alpha value is -3.87. The van der Waals surface area contributed by atoms with Crippen molar-refractivity contribution in [2.75, 3.05) is 47.2 Å². The highest BCUT2D eigenvalue weighted by atomic mass is 32.2. The highest BCUT2D eigenvalue weighted by Gasteiger charge is 2.33. The number of amides is 1. The van der Waals surface area contributed by atoms with Crippen LogP contribution in [0.15, 0.2) is 65.6 Å². The van der Waals surface area contributed by atoms with Crippen LogP contribution in [0.4, 0.5) is 34.8 Å². The van der Waals surface area contributed by atoms with Gasteiger partial charge in [0.15, 0.2) is 0 Å². The molecule has 1 aromatic heterocycles. The third-order valence-electron chi connectivity index (χ3n) is 7.40. The lowest BCUT2D eigenvalue weighted by Gasteiger charge is -2.41. The first-order valence-corrected chi connectivity index (χ1v) is 14.7. The Morgan fingerprint density at radius 1 is 1.00 bits per heavy atom. The van der Waals surface area contributed by atoms with Crippen LogP contribution in [0.5, 0.6) is 0 Å². The zero-order valence-corrected chi connectivity index (χ0v) is 23.1. The van der Waals surface area contributed by atoms with E-state index in [0.717, 1.165) is 54.5 Å². The van der Waals surface area contributed by atoms with Gasteiger partial charge < -0.3 is 14.7 Å². The molecule has 1 atom stereocenters. The largest absolute Gasteiger partial charge is 0.433 e. The summed E-state index contributed by atoms with van der Waals surface area (Å²) in [5.74, 6) is -0.716. The van der Waals surface area contributed by atoms with E-state index in [1.54, 1.807) is 18.2 Å². The van der Waals surface area contributed by atoms with E-state index >= 15 is 0 Å². The van der Waals surface area contributed by atoms with Gasteiger partial charge in [0, 0.05) is 47.0 Å². The van der Waals surface area contributed by atoms with Crippen molar-refractivity contribution in [3.8, 4) is 0 Å². The molecule has 2 aromatic carbocycles. The minimum absolute atomic E-state index is 0. The number of nitrogens with one attached hydrogen (secondary N) is 1. The van der Waals surface area contributed by atoms with Gasteiger partial charge in [-0.15, -0.1) is 0 Å². The number of nitrogens with zero attached hydrogens (tertiary/aromatic N) is 4. The van der Waals surface area contributed by atoms with Gasteiger partial charge in [0.2, 0.25) is 5.91 Å². The summed E-state index contributed by atoms with van der Waals surface area (Å²) in [4.78, 5) is 22.5. The molecule has 1 saturated heterocycles. The van der Waals surface area contributed by atoms with Gasteiger partial charge >= 0.3 is 6.18 Å². The number of hydrogen-bond acceptors (Lipinski definition) is 6. The molecule has 13 heteroatoms. The molecule has 8 nitrogen and oxygen atoms in total. The predicted molar refractivity (Wildman–Crippen MR) is 151 cm³/mol. The number of anilines is 3. The number of carbonyl (C=O) groups excluding carboxylic acids is 1. The molecule has 0 bridgehead atoms. The first-order valence-electron chi connectivity index (χ1n) is 13.2. The van der Waals surface area contributed by atoms with Crippen molar-refractivity contribution in [1.29, 1.82) is 0 Å². The number of carbonyl (C=O) groups is 1. The van der Waals surface area contributed by atoms with Crippen molar-refractivity contribution in [2.45, 2.75) is 36.9 Å². The molecule has 2 aliphatic heterocycles. The van der Waals surface area contributed by atoms with Crippen molar-refractivity contribution in [2.24, 2.45) is 0 Å². The van der Waals surface area contributed by atoms with Gasteiger partial charge in [-0.1, -0.05) is 6.07 Å². The third-order valence-corrected chi connectivity index (χ3v) is 8.77. The Morgan fingerprint density at radius 3 is 2.39 bits per heavy atom. The van der Waals surface area contributed by atoms with E-state index in [1.807, 2.05) is 21.6 Å². The van der Waals surface area contributed by atoms with E-state index in [-0.39, 0.29) is 19.5 Å². The van der Waals surface area contributed by atoms with Crippen LogP contribution in [0.3, 0.4) is 0 Å². The highest BCUT2D eigenvalue weighted by molar-refractivity contribution is 7.92. The van der Waals surface area contributed by atoms with Gasteiger partial charge in [0.25, 0.3) is 10.0 Å². The third kappa shape index (κ3) is 6.24. The first kappa shape index (κ1) is 28.7. The average Bonchev–Trinajstić information content (AvgIpc) is 2.95. The van der Waals surface area contributed by atoms with Gasteiger partial charge in [-0.3, -0.25) is 9.52 Å². The predicted octanol–water partition coefficient (Wildman–Crippen LogP) is 5.02. The van der Waals surface area contributed by atoms with Crippen molar-refractivity contribution in [3.05, 3.63) is 77.7 Å². The minimum Gasteiger partial charge on any atom is -0.368 e. The molecule has 3 heterocycles. The number of halogens is 4. The van der Waals surface area contributed by atoms with Gasteiger partial charge in [-0.25, -0.2) is 17.8 Å². The first-order chi connectivity index (χ1) is 19.4. The molecule has 0 saturated carbocycles. The lowest BCUT2D eigenvalue weighted by atomic mass is 9.99. The summed E-state index contributed by atoms with van der Waals surface area (Å²) in [6.45, 7) is 4.64. The molecule has 1 N–H and O–H groups in total. The number of piperazine rings is 1. The van der Waals surface area contributed by atoms with E-state index in [1.165, 1.54) is 24.3 Å². The van der Waals surface area contributed by atoms with Gasteiger partial charge in [0.1, 0.15) is 23.4 Å². The summed E-state index contributed by atoms with van der Waals surface area (Å²) in [6.07, 6.45) is -3.07. The fourth-order valence-electron chi connectivity index (χ4n) is 5.26. The average molecular weight is 596 g/mol. The molecule has 3 aromatic rings. The van der Waals surface area contributed by atoms with E-state index in [4.69, 9.17) is 0 Å². The maximum absolute atomic E-state index is 13.7. The van der Waals surface area contributed by atoms with E-state index in [9.17, 15) is 30.8 Å². The number of pyridine rings is 1. The summed E-state index contributed by atoms with van der Waals surface area (Å²) in [5, 5.41) is 0. The van der Waals surface area contributed by atoms with E-state index in [0.29, 0.717) is 26.2 Å². The van der Waals surface area contributed by atoms with Gasteiger partial charge in [-0.05, 0) is 79.9 Å². The van der Waals surface area contributed by atoms with E-state index < -0.39 is 33.8 Å². The standard InChI is InChI=1S/C28H29F4N5O3S.2H2/c1-19(37-13-3-4-20-18-21(29)7-12-24(20)37)27(38)36-16-14-35(15-17-36)22-8-10-23(11-9-22)41(39,40)34-26-6-2-5-25(33-26)28(30,31)32;;/h2,5-12,18-19H,3-4,13-17H2,1H3,(H,33,34);2*1H/t19-;;/m1../s1. The van der Waals surface area contributed by atoms with Gasteiger partial charge in [-0.2, -0.15) is 13.2 Å². The van der Waals surface area contributed by atoms with Crippen molar-refractivity contribution < 1.29 is 33.6 Å². The number of rotatable bonds is 6. The Morgan fingerprint density at radius 2 is 1.71 bits per heavy atom. The second kappa shape index (κ2) is 11.2. The summed E-state index contributed by atoms with van der Waals surface area (Å²) >= 11 is 0. The zero-order chi connectivity index (χ0) is 29.4. The Bertz CT molecular complexity index is 1540. The smallest absolute Gasteiger partial charge is 0.368 e. The van der Waals surface area contributed by atoms with Crippen LogP contribution in [0.1, 0.15) is 27.5 Å². The number of aromatic nitrogens is 1. The fraction of sp³-hybridized carbons (Fsp3) is 0.357. The number of fused-ring (bicyclic) bond motifs is 1. The van der Waals surface area contributed by atoms with Crippen LogP contribution in [0, 0.1) is 5.82 Å². The van der Waals surface area contributed by atoms with Gasteiger partial charge in [0.05, 0.1) is 4.90 Å². The van der Waals surface area contributed by atoms with Crippen LogP contribution >= 0.6 is 0 Å². The summed E-state index contributed by atoms with van der Waals surface area (Å²) in [6, 6.07) is 13.3. The van der Waals surface area contributed by atoms with Crippen LogP contribution in [-0.4, -0.2) is 63.0 Å². The van der Waals surface area contributed by atoms with Crippen LogP contribution in [-0.2, 0) is 27.4 Å². The molecule has 222 valence electrons. The number of aryl methyl sites for hydroxylation is 1. The quantitative estimate of drug-likeness (QED) is 0.403. The molecule has 2 aliphatic rings. The highest BCUT2D eigenvalue weighted by Crippen LogP contribution is 2.31. The normalized spacial score (nSPS) is 16.8. The van der Waals surface area contributed by atoms with Crippen LogP contribution < -0.4 is 14.5 Å². The molecule has 1 amide bonds. The Balaban J connectivity index is 0.00000253. The maximum atomic E-state index is 13.7. The van der Waals surface area contributed by atoms with E-state index in [2.05, 4.69) is 9.71 Å². The van der Waals surface area contributed by atoms with Crippen molar-refractivity contribution in [1.82, 2.24) is 9.88 Å². The maximum Gasteiger partial charge on any atom is 0.433 e. The molecule has 1 fully saturated rings. The Labute approximate surface area is 238 Å². The van der Waals surface area contributed by atoms with Crippen molar-refractivity contribution >= 4 is 33.1 Å². The molecular formula is C28H33F4N5O3S. The monoisotopic (exact) mass is 595 g/mol. The molecule has 0 aliphatic carbocycles. The molecular weight excluding hydrogens is 562 g/mol. The number of alkyl halides is 3. The fourth-order valence-corrected chi connectivity index (χ4v) is 6.26. The minimum atomic E-state index is -4.70. The van der Waals surface area contributed by atoms with Crippen molar-refractivity contribution in [3.63, 3.8) is 0 Å². The molecule has 0 unspecified atom stereocenters. The lowest BCUT2D eigenvalue weighted by Crippen LogP contribution is -2.55. The lowest BCUT2D eigenvalue weighted by molar-refractivity contribution is -0.141.